The Labute approximate surface area is 187 Å². The number of hydrogen-bond donors (Lipinski definition) is 0. The molecule has 3 heterocycles. The van der Waals surface area contributed by atoms with Gasteiger partial charge in [-0.15, -0.1) is 0 Å². The highest BCUT2D eigenvalue weighted by atomic mass is 35.5. The van der Waals surface area contributed by atoms with Crippen LogP contribution in [-0.2, 0) is 12.8 Å². The van der Waals surface area contributed by atoms with Crippen LogP contribution in [0.15, 0.2) is 54.9 Å². The molecule has 0 aliphatic carbocycles. The lowest BCUT2D eigenvalue weighted by atomic mass is 9.85. The molecular weight excluding hydrogens is 388 g/mol. The molecule has 0 spiro atoms. The first-order valence-electron chi connectivity index (χ1n) is 11.4. The van der Waals surface area contributed by atoms with Crippen LogP contribution >= 0.6 is 0 Å². The zero-order chi connectivity index (χ0) is 20.1. The Morgan fingerprint density at radius 2 is 1.43 bits per heavy atom. The Morgan fingerprint density at radius 1 is 0.833 bits per heavy atom. The van der Waals surface area contributed by atoms with Gasteiger partial charge in [0.2, 0.25) is 6.33 Å². The normalized spacial score (nSPS) is 19.0. The van der Waals surface area contributed by atoms with Crippen LogP contribution in [0.4, 0.5) is 0 Å². The van der Waals surface area contributed by atoms with Gasteiger partial charge in [-0.05, 0) is 35.8 Å². The van der Waals surface area contributed by atoms with Crippen molar-refractivity contribution < 1.29 is 17.0 Å². The van der Waals surface area contributed by atoms with Gasteiger partial charge in [-0.1, -0.05) is 76.2 Å². The summed E-state index contributed by atoms with van der Waals surface area (Å²) in [7, 11) is 0. The first kappa shape index (κ1) is 21.2. The lowest BCUT2D eigenvalue weighted by Crippen LogP contribution is -3.00. The van der Waals surface area contributed by atoms with Crippen LogP contribution in [-0.4, -0.2) is 4.57 Å². The van der Waals surface area contributed by atoms with Crippen molar-refractivity contribution in [3.8, 4) is 22.5 Å². The summed E-state index contributed by atoms with van der Waals surface area (Å²) in [4.78, 5) is 0. The molecule has 3 heteroatoms. The summed E-state index contributed by atoms with van der Waals surface area (Å²) < 4.78 is 5.26. The number of rotatable bonds is 4. The second-order valence-corrected chi connectivity index (χ2v) is 9.92. The van der Waals surface area contributed by atoms with Crippen molar-refractivity contribution in [1.82, 2.24) is 4.57 Å². The second kappa shape index (κ2) is 8.23. The highest BCUT2D eigenvalue weighted by Gasteiger charge is 2.40. The quantitative estimate of drug-likeness (QED) is 0.572. The molecule has 0 fully saturated rings. The van der Waals surface area contributed by atoms with E-state index in [1.165, 1.54) is 46.5 Å². The molecule has 2 aromatic carbocycles. The Morgan fingerprint density at radius 3 is 2.10 bits per heavy atom. The third-order valence-corrected chi connectivity index (χ3v) is 6.72. The van der Waals surface area contributed by atoms with Crippen LogP contribution in [0.5, 0.6) is 0 Å². The number of benzene rings is 2. The predicted octanol–water partition coefficient (Wildman–Crippen LogP) is 3.40. The van der Waals surface area contributed by atoms with Gasteiger partial charge < -0.3 is 12.4 Å². The number of aromatic nitrogens is 2. The first-order chi connectivity index (χ1) is 14.0. The molecule has 2 aliphatic rings. The van der Waals surface area contributed by atoms with Crippen molar-refractivity contribution in [3.05, 3.63) is 66.0 Å². The maximum absolute atomic E-state index is 2.63. The van der Waals surface area contributed by atoms with Crippen LogP contribution in [0.3, 0.4) is 0 Å². The van der Waals surface area contributed by atoms with E-state index in [2.05, 4.69) is 91.7 Å². The van der Waals surface area contributed by atoms with Crippen LogP contribution in [0.1, 0.15) is 63.7 Å². The summed E-state index contributed by atoms with van der Waals surface area (Å²) in [6.07, 6.45) is 7.21. The monoisotopic (exact) mass is 420 g/mol. The maximum atomic E-state index is 2.63. The van der Waals surface area contributed by atoms with E-state index in [9.17, 15) is 0 Å². The summed E-state index contributed by atoms with van der Waals surface area (Å²) in [6, 6.07) is 19.3. The van der Waals surface area contributed by atoms with Crippen molar-refractivity contribution in [2.24, 2.45) is 11.8 Å². The van der Waals surface area contributed by atoms with E-state index in [1.807, 2.05) is 0 Å². The molecule has 158 valence electrons. The highest BCUT2D eigenvalue weighted by molar-refractivity contribution is 5.81. The third kappa shape index (κ3) is 3.50. The molecule has 0 saturated heterocycles. The van der Waals surface area contributed by atoms with E-state index in [4.69, 9.17) is 0 Å². The lowest BCUT2D eigenvalue weighted by molar-refractivity contribution is -0.715. The summed E-state index contributed by atoms with van der Waals surface area (Å²) in [5.41, 5.74) is 8.77. The molecule has 2 aliphatic heterocycles. The fourth-order valence-corrected chi connectivity index (χ4v) is 5.63. The molecule has 30 heavy (non-hydrogen) atoms. The highest BCUT2D eigenvalue weighted by Crippen LogP contribution is 2.44. The van der Waals surface area contributed by atoms with Gasteiger partial charge in [-0.2, -0.15) is 0 Å². The van der Waals surface area contributed by atoms with Crippen molar-refractivity contribution in [3.63, 3.8) is 0 Å². The van der Waals surface area contributed by atoms with Gasteiger partial charge in [-0.3, -0.25) is 0 Å². The Kier molecular flexibility index (Phi) is 5.81. The van der Waals surface area contributed by atoms with Crippen LogP contribution in [0.25, 0.3) is 22.5 Å². The minimum absolute atomic E-state index is 0. The fraction of sp³-hybridized carbons (Fsp3) is 0.444. The van der Waals surface area contributed by atoms with Gasteiger partial charge in [0.05, 0.1) is 0 Å². The van der Waals surface area contributed by atoms with Crippen LogP contribution in [0, 0.1) is 11.8 Å². The summed E-state index contributed by atoms with van der Waals surface area (Å²) in [5.74, 6) is 1.39. The summed E-state index contributed by atoms with van der Waals surface area (Å²) in [6.45, 7) is 9.42. The molecule has 0 amide bonds. The smallest absolute Gasteiger partial charge is 0.245 e. The molecule has 0 bridgehead atoms. The van der Waals surface area contributed by atoms with Crippen molar-refractivity contribution in [2.45, 2.75) is 65.5 Å². The van der Waals surface area contributed by atoms with Gasteiger partial charge in [0.15, 0.2) is 11.4 Å². The van der Waals surface area contributed by atoms with Crippen molar-refractivity contribution in [2.75, 3.05) is 0 Å². The van der Waals surface area contributed by atoms with E-state index < -0.39 is 0 Å². The molecule has 2 nitrogen and oxygen atoms in total. The molecule has 3 aromatic rings. The van der Waals surface area contributed by atoms with Crippen molar-refractivity contribution in [1.29, 1.82) is 0 Å². The van der Waals surface area contributed by atoms with Gasteiger partial charge in [0, 0.05) is 24.0 Å². The molecule has 0 unspecified atom stereocenters. The summed E-state index contributed by atoms with van der Waals surface area (Å²) >= 11 is 0. The van der Waals surface area contributed by atoms with Gasteiger partial charge in [0.25, 0.3) is 0 Å². The largest absolute Gasteiger partial charge is 1.00 e. The molecule has 2 atom stereocenters. The van der Waals surface area contributed by atoms with E-state index >= 15 is 0 Å². The van der Waals surface area contributed by atoms with E-state index in [0.29, 0.717) is 23.9 Å². The minimum atomic E-state index is 0. The first-order valence-corrected chi connectivity index (χ1v) is 11.4. The second-order valence-electron chi connectivity index (χ2n) is 9.92. The molecule has 1 aromatic heterocycles. The Hall–Kier alpha value is -2.06. The Bertz CT molecular complexity index is 965. The minimum Gasteiger partial charge on any atom is -1.00 e. The molecule has 0 radical (unpaired) electrons. The Balaban J connectivity index is 0.00000218. The lowest BCUT2D eigenvalue weighted by Gasteiger charge is -2.26. The zero-order valence-electron chi connectivity index (χ0n) is 18.6. The van der Waals surface area contributed by atoms with E-state index in [-0.39, 0.29) is 12.4 Å². The average molecular weight is 421 g/mol. The van der Waals surface area contributed by atoms with Crippen LogP contribution in [0.2, 0.25) is 0 Å². The number of nitrogens with zero attached hydrogens (tertiary/aromatic N) is 2. The molecule has 0 saturated carbocycles. The number of imidazole rings is 1. The van der Waals surface area contributed by atoms with Crippen LogP contribution < -0.4 is 17.0 Å². The van der Waals surface area contributed by atoms with E-state index in [1.54, 1.807) is 0 Å². The number of halogens is 1. The van der Waals surface area contributed by atoms with Crippen molar-refractivity contribution >= 4 is 0 Å². The van der Waals surface area contributed by atoms with E-state index in [0.717, 1.165) is 12.8 Å². The predicted molar refractivity (Wildman–Crippen MR) is 120 cm³/mol. The number of hydrogen-bond acceptors (Lipinski definition) is 0. The molecular formula is C27H33ClN2. The zero-order valence-corrected chi connectivity index (χ0v) is 19.4. The fourth-order valence-electron chi connectivity index (χ4n) is 5.63. The average Bonchev–Trinajstić information content (AvgIpc) is 3.09. The van der Waals surface area contributed by atoms with Gasteiger partial charge >= 0.3 is 0 Å². The van der Waals surface area contributed by atoms with Gasteiger partial charge in [0.1, 0.15) is 12.1 Å². The molecule has 5 rings (SSSR count). The topological polar surface area (TPSA) is 8.81 Å². The SMILES string of the molecule is CC(C)C[C@H]1Cc2ccccc2-c2c3[n+](cn21)[C@@H](CC(C)C)Cc1ccccc1-3.[Cl-]. The molecule has 0 N–H and O–H groups in total. The third-order valence-electron chi connectivity index (χ3n) is 6.72. The standard InChI is InChI=1S/C27H33N2.ClH/c1-18(2)13-22-15-20-9-5-7-11-24(20)26-27-25-12-8-6-10-21(25)16-23(14-19(3)4)29(27)17-28(22)26;/h5-12,17-19,22-23H,13-16H2,1-4H3;1H/q+1;/p-1/t22-,23-;/m0./s1. The summed E-state index contributed by atoms with van der Waals surface area (Å²) in [5, 5.41) is 0. The maximum Gasteiger partial charge on any atom is 0.245 e. The number of fused-ring (bicyclic) bond motifs is 7. The van der Waals surface area contributed by atoms with Gasteiger partial charge in [-0.25, -0.2) is 9.13 Å².